The molecule has 4 N–H and O–H groups in total. The fraction of sp³-hybridized carbons (Fsp3) is 0.100. The average Bonchev–Trinajstić information content (AvgIpc) is 2.70. The second-order valence-electron chi connectivity index (χ2n) is 6.30. The van der Waals surface area contributed by atoms with Crippen LogP contribution in [0, 0.1) is 0 Å². The number of anilines is 1. The molecule has 0 aliphatic heterocycles. The summed E-state index contributed by atoms with van der Waals surface area (Å²) in [6, 6.07) is 11.6. The van der Waals surface area contributed by atoms with Crippen molar-refractivity contribution in [3.8, 4) is 5.75 Å². The van der Waals surface area contributed by atoms with Crippen LogP contribution in [0.15, 0.2) is 80.5 Å². The van der Waals surface area contributed by atoms with Gasteiger partial charge in [0.1, 0.15) is 16.3 Å². The largest absolute Gasteiger partial charge is 0.505 e. The van der Waals surface area contributed by atoms with Gasteiger partial charge >= 0.3 is 0 Å². The number of aromatic hydroxyl groups is 1. The van der Waals surface area contributed by atoms with Gasteiger partial charge in [-0.1, -0.05) is 24.3 Å². The SMILES string of the molecule is C=CCc1ccc(N=Nc2ccc3cc(S(=O)(=O)O)c(N=NC)c(O)c3c2N)cc1. The first-order chi connectivity index (χ1) is 14.3. The molecule has 0 heterocycles. The van der Waals surface area contributed by atoms with E-state index in [2.05, 4.69) is 27.0 Å². The fourth-order valence-corrected chi connectivity index (χ4v) is 3.57. The number of azo groups is 2. The average molecular weight is 425 g/mol. The van der Waals surface area contributed by atoms with Crippen molar-refractivity contribution < 1.29 is 18.1 Å². The molecule has 0 saturated heterocycles. The van der Waals surface area contributed by atoms with Gasteiger partial charge in [-0.3, -0.25) is 4.55 Å². The first kappa shape index (κ1) is 21.1. The van der Waals surface area contributed by atoms with Crippen LogP contribution in [0.4, 0.5) is 22.7 Å². The van der Waals surface area contributed by atoms with E-state index < -0.39 is 26.5 Å². The number of rotatable bonds is 6. The number of phenolic OH excluding ortho intramolecular Hbond substituents is 1. The van der Waals surface area contributed by atoms with Gasteiger partial charge in [0.25, 0.3) is 10.1 Å². The minimum Gasteiger partial charge on any atom is -0.505 e. The third-order valence-corrected chi connectivity index (χ3v) is 5.17. The van der Waals surface area contributed by atoms with Crippen molar-refractivity contribution in [2.45, 2.75) is 11.3 Å². The Bertz CT molecular complexity index is 1280. The highest BCUT2D eigenvalue weighted by molar-refractivity contribution is 7.86. The van der Waals surface area contributed by atoms with E-state index in [1.165, 1.54) is 19.2 Å². The first-order valence-electron chi connectivity index (χ1n) is 8.73. The molecule has 154 valence electrons. The van der Waals surface area contributed by atoms with Gasteiger partial charge in [0, 0.05) is 7.05 Å². The molecule has 0 radical (unpaired) electrons. The Kier molecular flexibility index (Phi) is 5.90. The second kappa shape index (κ2) is 8.39. The Balaban J connectivity index is 2.11. The minimum atomic E-state index is -4.65. The van der Waals surface area contributed by atoms with E-state index in [-0.39, 0.29) is 22.1 Å². The quantitative estimate of drug-likeness (QED) is 0.214. The van der Waals surface area contributed by atoms with Crippen molar-refractivity contribution in [3.63, 3.8) is 0 Å². The molecule has 0 aliphatic rings. The summed E-state index contributed by atoms with van der Waals surface area (Å²) in [5.74, 6) is -0.533. The molecule has 0 saturated carbocycles. The van der Waals surface area contributed by atoms with Crippen molar-refractivity contribution in [3.05, 3.63) is 60.7 Å². The molecule has 0 atom stereocenters. The van der Waals surface area contributed by atoms with Crippen LogP contribution in [-0.2, 0) is 16.5 Å². The topological polar surface area (TPSA) is 150 Å². The van der Waals surface area contributed by atoms with E-state index in [1.807, 2.05) is 12.1 Å². The van der Waals surface area contributed by atoms with Gasteiger partial charge in [0.2, 0.25) is 0 Å². The number of fused-ring (bicyclic) bond motifs is 1. The van der Waals surface area contributed by atoms with Gasteiger partial charge in [-0.25, -0.2) is 0 Å². The second-order valence-corrected chi connectivity index (χ2v) is 7.69. The predicted octanol–water partition coefficient (Wildman–Crippen LogP) is 5.23. The normalized spacial score (nSPS) is 12.2. The van der Waals surface area contributed by atoms with Crippen LogP contribution < -0.4 is 5.73 Å². The lowest BCUT2D eigenvalue weighted by Gasteiger charge is -2.11. The maximum absolute atomic E-state index is 11.7. The first-order valence-corrected chi connectivity index (χ1v) is 10.2. The maximum Gasteiger partial charge on any atom is 0.296 e. The van der Waals surface area contributed by atoms with Gasteiger partial charge in [0.05, 0.1) is 16.8 Å². The van der Waals surface area contributed by atoms with E-state index in [4.69, 9.17) is 5.73 Å². The zero-order valence-corrected chi connectivity index (χ0v) is 16.8. The van der Waals surface area contributed by atoms with E-state index in [0.29, 0.717) is 5.69 Å². The lowest BCUT2D eigenvalue weighted by Crippen LogP contribution is -2.00. The summed E-state index contributed by atoms with van der Waals surface area (Å²) in [7, 11) is -3.35. The Labute approximate surface area is 173 Å². The molecule has 0 amide bonds. The predicted molar refractivity (Wildman–Crippen MR) is 115 cm³/mol. The minimum absolute atomic E-state index is 0.0754. The van der Waals surface area contributed by atoms with Crippen LogP contribution in [0.3, 0.4) is 0 Å². The molecular weight excluding hydrogens is 406 g/mol. The van der Waals surface area contributed by atoms with Gasteiger partial charge in [0.15, 0.2) is 5.75 Å². The number of nitrogen functional groups attached to an aromatic ring is 1. The van der Waals surface area contributed by atoms with E-state index in [1.54, 1.807) is 18.2 Å². The molecule has 0 aliphatic carbocycles. The van der Waals surface area contributed by atoms with Gasteiger partial charge in [-0.2, -0.15) is 23.8 Å². The monoisotopic (exact) mass is 425 g/mol. The van der Waals surface area contributed by atoms with Crippen molar-refractivity contribution in [1.82, 2.24) is 0 Å². The Morgan fingerprint density at radius 2 is 1.80 bits per heavy atom. The summed E-state index contributed by atoms with van der Waals surface area (Å²) < 4.78 is 32.8. The molecule has 9 nitrogen and oxygen atoms in total. The highest BCUT2D eigenvalue weighted by atomic mass is 32.2. The number of benzene rings is 3. The van der Waals surface area contributed by atoms with Crippen LogP contribution in [0.25, 0.3) is 10.8 Å². The van der Waals surface area contributed by atoms with Gasteiger partial charge < -0.3 is 10.8 Å². The lowest BCUT2D eigenvalue weighted by atomic mass is 10.1. The van der Waals surface area contributed by atoms with Crippen LogP contribution in [0.1, 0.15) is 5.56 Å². The molecular formula is C20H19N5O4S. The lowest BCUT2D eigenvalue weighted by molar-refractivity contribution is 0.472. The van der Waals surface area contributed by atoms with Crippen LogP contribution in [0.2, 0.25) is 0 Å². The summed E-state index contributed by atoms with van der Waals surface area (Å²) in [5.41, 5.74) is 7.79. The van der Waals surface area contributed by atoms with Crippen molar-refractivity contribution in [2.24, 2.45) is 20.5 Å². The van der Waals surface area contributed by atoms with Gasteiger partial charge in [-0.05, 0) is 41.6 Å². The number of hydrogen-bond acceptors (Lipinski definition) is 8. The number of phenols is 1. The Hall–Kier alpha value is -3.63. The maximum atomic E-state index is 11.7. The van der Waals surface area contributed by atoms with Gasteiger partial charge in [-0.15, -0.1) is 11.7 Å². The number of hydrogen-bond donors (Lipinski definition) is 3. The molecule has 0 fully saturated rings. The van der Waals surface area contributed by atoms with E-state index >= 15 is 0 Å². The summed E-state index contributed by atoms with van der Waals surface area (Å²) in [6.45, 7) is 3.70. The van der Waals surface area contributed by atoms with Crippen molar-refractivity contribution >= 4 is 43.6 Å². The molecule has 0 spiro atoms. The smallest absolute Gasteiger partial charge is 0.296 e. The zero-order chi connectivity index (χ0) is 21.9. The summed E-state index contributed by atoms with van der Waals surface area (Å²) in [6.07, 6.45) is 2.55. The van der Waals surface area contributed by atoms with Crippen LogP contribution >= 0.6 is 0 Å². The van der Waals surface area contributed by atoms with Crippen molar-refractivity contribution in [2.75, 3.05) is 12.8 Å². The number of nitrogens with zero attached hydrogens (tertiary/aromatic N) is 4. The molecule has 0 aromatic heterocycles. The molecule has 0 bridgehead atoms. The standard InChI is InChI=1S/C20H19N5O4S/c1-3-4-12-5-8-14(9-6-12)23-24-15-10-7-13-11-16(30(27,28)29)19(25-22-2)20(26)17(13)18(15)21/h3,5-11,26H,1,4,21H2,2H3,(H,27,28,29). The number of nitrogens with two attached hydrogens (primary N) is 1. The van der Waals surface area contributed by atoms with E-state index in [0.717, 1.165) is 18.1 Å². The van der Waals surface area contributed by atoms with Crippen molar-refractivity contribution in [1.29, 1.82) is 0 Å². The van der Waals surface area contributed by atoms with E-state index in [9.17, 15) is 18.1 Å². The van der Waals surface area contributed by atoms with Crippen LogP contribution in [-0.4, -0.2) is 25.1 Å². The summed E-state index contributed by atoms with van der Waals surface area (Å²) >= 11 is 0. The third-order valence-electron chi connectivity index (χ3n) is 4.30. The third kappa shape index (κ3) is 4.19. The highest BCUT2D eigenvalue weighted by Gasteiger charge is 2.23. The molecule has 3 rings (SSSR count). The Morgan fingerprint density at radius 1 is 1.10 bits per heavy atom. The fourth-order valence-electron chi connectivity index (χ4n) is 2.91. The highest BCUT2D eigenvalue weighted by Crippen LogP contribution is 2.45. The van der Waals surface area contributed by atoms with Crippen LogP contribution in [0.5, 0.6) is 5.75 Å². The Morgan fingerprint density at radius 3 is 2.40 bits per heavy atom. The summed E-state index contributed by atoms with van der Waals surface area (Å²) in [5, 5.41) is 26.4. The summed E-state index contributed by atoms with van der Waals surface area (Å²) in [4.78, 5) is -0.577. The number of allylic oxidation sites excluding steroid dienone is 1. The molecule has 30 heavy (non-hydrogen) atoms. The molecule has 3 aromatic rings. The molecule has 3 aromatic carbocycles. The molecule has 10 heteroatoms. The molecule has 0 unspecified atom stereocenters. The zero-order valence-electron chi connectivity index (χ0n) is 16.0.